The fraction of sp³-hybridized carbons (Fsp3) is 0.929. The second-order valence-electron chi connectivity index (χ2n) is 6.21. The van der Waals surface area contributed by atoms with Crippen molar-refractivity contribution in [2.45, 2.75) is 53.9 Å². The molecule has 0 bridgehead atoms. The maximum absolute atomic E-state index is 11.2. The third kappa shape index (κ3) is 11.7. The molecule has 0 spiro atoms. The van der Waals surface area contributed by atoms with Gasteiger partial charge >= 0.3 is 0 Å². The highest BCUT2D eigenvalue weighted by Crippen LogP contribution is 2.20. The van der Waals surface area contributed by atoms with Crippen molar-refractivity contribution in [3.8, 4) is 0 Å². The van der Waals surface area contributed by atoms with E-state index in [-0.39, 0.29) is 11.8 Å². The van der Waals surface area contributed by atoms with E-state index in [0.29, 0.717) is 5.41 Å². The van der Waals surface area contributed by atoms with E-state index in [9.17, 15) is 4.79 Å². The van der Waals surface area contributed by atoms with Crippen molar-refractivity contribution in [1.29, 1.82) is 0 Å². The van der Waals surface area contributed by atoms with Crippen molar-refractivity contribution < 1.29 is 4.79 Å². The third-order valence-electron chi connectivity index (χ3n) is 2.66. The Kier molecular flexibility index (Phi) is 8.23. The van der Waals surface area contributed by atoms with Crippen LogP contribution >= 0.6 is 0 Å². The van der Waals surface area contributed by atoms with E-state index in [4.69, 9.17) is 0 Å². The monoisotopic (exact) mass is 242 g/mol. The topological polar surface area (TPSA) is 41.1 Å². The van der Waals surface area contributed by atoms with Crippen LogP contribution in [0.5, 0.6) is 0 Å². The molecule has 0 fully saturated rings. The van der Waals surface area contributed by atoms with Gasteiger partial charge in [-0.3, -0.25) is 4.79 Å². The van der Waals surface area contributed by atoms with Crippen molar-refractivity contribution >= 4 is 5.91 Å². The summed E-state index contributed by atoms with van der Waals surface area (Å²) in [6, 6.07) is 0. The largest absolute Gasteiger partial charge is 0.355 e. The van der Waals surface area contributed by atoms with Gasteiger partial charge in [0.15, 0.2) is 0 Å². The van der Waals surface area contributed by atoms with E-state index in [1.165, 1.54) is 19.3 Å². The molecular formula is C14H30N2O. The second kappa shape index (κ2) is 8.51. The van der Waals surface area contributed by atoms with Crippen LogP contribution in [-0.4, -0.2) is 25.5 Å². The summed E-state index contributed by atoms with van der Waals surface area (Å²) in [5.41, 5.74) is 0.450. The molecule has 0 aliphatic heterocycles. The van der Waals surface area contributed by atoms with Gasteiger partial charge in [0.1, 0.15) is 0 Å². The van der Waals surface area contributed by atoms with Crippen LogP contribution in [-0.2, 0) is 4.79 Å². The first-order valence-electron chi connectivity index (χ1n) is 6.81. The number of carbonyl (C=O) groups excluding carboxylic acids is 1. The van der Waals surface area contributed by atoms with E-state index in [0.717, 1.165) is 19.6 Å². The molecule has 0 aromatic heterocycles. The third-order valence-corrected chi connectivity index (χ3v) is 2.66. The predicted octanol–water partition coefficient (Wildman–Crippen LogP) is 2.56. The minimum absolute atomic E-state index is 0.0850. The number of rotatable bonds is 8. The first-order chi connectivity index (χ1) is 7.83. The van der Waals surface area contributed by atoms with Gasteiger partial charge in [0, 0.05) is 19.0 Å². The van der Waals surface area contributed by atoms with E-state index >= 15 is 0 Å². The molecular weight excluding hydrogens is 212 g/mol. The summed E-state index contributed by atoms with van der Waals surface area (Å²) in [4.78, 5) is 11.2. The van der Waals surface area contributed by atoms with Gasteiger partial charge in [0.05, 0.1) is 0 Å². The van der Waals surface area contributed by atoms with Crippen molar-refractivity contribution in [2.24, 2.45) is 11.3 Å². The van der Waals surface area contributed by atoms with Crippen LogP contribution in [0.15, 0.2) is 0 Å². The molecule has 0 heterocycles. The highest BCUT2D eigenvalue weighted by molar-refractivity contribution is 5.77. The van der Waals surface area contributed by atoms with Gasteiger partial charge in [0.25, 0.3) is 0 Å². The zero-order chi connectivity index (χ0) is 13.3. The SMILES string of the molecule is CC(C)C(=O)NCCNCCCCC(C)(C)C. The van der Waals surface area contributed by atoms with Gasteiger partial charge in [0.2, 0.25) is 5.91 Å². The lowest BCUT2D eigenvalue weighted by atomic mass is 9.90. The molecule has 0 aromatic carbocycles. The molecule has 2 N–H and O–H groups in total. The van der Waals surface area contributed by atoms with Crippen LogP contribution in [0.25, 0.3) is 0 Å². The Hall–Kier alpha value is -0.570. The molecule has 3 heteroatoms. The van der Waals surface area contributed by atoms with Crippen molar-refractivity contribution in [3.05, 3.63) is 0 Å². The Labute approximate surface area is 107 Å². The van der Waals surface area contributed by atoms with E-state index in [2.05, 4.69) is 31.4 Å². The molecule has 0 saturated heterocycles. The molecule has 0 aliphatic carbocycles. The highest BCUT2D eigenvalue weighted by Gasteiger charge is 2.08. The van der Waals surface area contributed by atoms with Crippen molar-refractivity contribution in [2.75, 3.05) is 19.6 Å². The van der Waals surface area contributed by atoms with E-state index in [1.54, 1.807) is 0 Å². The van der Waals surface area contributed by atoms with Gasteiger partial charge in [-0.1, -0.05) is 41.0 Å². The first kappa shape index (κ1) is 16.4. The lowest BCUT2D eigenvalue weighted by molar-refractivity contribution is -0.123. The van der Waals surface area contributed by atoms with Crippen molar-refractivity contribution in [1.82, 2.24) is 10.6 Å². The molecule has 0 unspecified atom stereocenters. The van der Waals surface area contributed by atoms with Crippen LogP contribution in [0, 0.1) is 11.3 Å². The molecule has 0 aliphatic rings. The molecule has 0 atom stereocenters. The fourth-order valence-electron chi connectivity index (χ4n) is 1.51. The average Bonchev–Trinajstić information content (AvgIpc) is 2.19. The number of nitrogens with one attached hydrogen (secondary N) is 2. The molecule has 0 aromatic rings. The van der Waals surface area contributed by atoms with Crippen LogP contribution < -0.4 is 10.6 Å². The quantitative estimate of drug-likeness (QED) is 0.642. The van der Waals surface area contributed by atoms with E-state index in [1.807, 2.05) is 13.8 Å². The maximum Gasteiger partial charge on any atom is 0.222 e. The summed E-state index contributed by atoms with van der Waals surface area (Å²) in [6.07, 6.45) is 3.77. The van der Waals surface area contributed by atoms with Crippen LogP contribution in [0.3, 0.4) is 0 Å². The Morgan fingerprint density at radius 1 is 1.06 bits per heavy atom. The Balaban J connectivity index is 3.22. The standard InChI is InChI=1S/C14H30N2O/c1-12(2)13(17)16-11-10-15-9-7-6-8-14(3,4)5/h12,15H,6-11H2,1-5H3,(H,16,17). The zero-order valence-corrected chi connectivity index (χ0v) is 12.2. The minimum atomic E-state index is 0.0850. The molecule has 0 radical (unpaired) electrons. The molecule has 3 nitrogen and oxygen atoms in total. The summed E-state index contributed by atoms with van der Waals surface area (Å²) in [6.45, 7) is 13.3. The van der Waals surface area contributed by atoms with Crippen LogP contribution in [0.4, 0.5) is 0 Å². The number of amides is 1. The van der Waals surface area contributed by atoms with Gasteiger partial charge in [-0.15, -0.1) is 0 Å². The number of hydrogen-bond acceptors (Lipinski definition) is 2. The van der Waals surface area contributed by atoms with Gasteiger partial charge < -0.3 is 10.6 Å². The molecule has 17 heavy (non-hydrogen) atoms. The minimum Gasteiger partial charge on any atom is -0.355 e. The summed E-state index contributed by atoms with van der Waals surface area (Å²) in [5.74, 6) is 0.223. The summed E-state index contributed by atoms with van der Waals surface area (Å²) in [5, 5.41) is 6.25. The van der Waals surface area contributed by atoms with Gasteiger partial charge in [-0.2, -0.15) is 0 Å². The average molecular weight is 242 g/mol. The molecule has 1 amide bonds. The summed E-state index contributed by atoms with van der Waals surface area (Å²) < 4.78 is 0. The number of unbranched alkanes of at least 4 members (excludes halogenated alkanes) is 1. The van der Waals surface area contributed by atoms with E-state index < -0.39 is 0 Å². The predicted molar refractivity (Wildman–Crippen MR) is 74.0 cm³/mol. The molecule has 102 valence electrons. The first-order valence-corrected chi connectivity index (χ1v) is 6.81. The van der Waals surface area contributed by atoms with Gasteiger partial charge in [-0.25, -0.2) is 0 Å². The Morgan fingerprint density at radius 3 is 2.24 bits per heavy atom. The Morgan fingerprint density at radius 2 is 1.71 bits per heavy atom. The fourth-order valence-corrected chi connectivity index (χ4v) is 1.51. The van der Waals surface area contributed by atoms with Crippen molar-refractivity contribution in [3.63, 3.8) is 0 Å². The highest BCUT2D eigenvalue weighted by atomic mass is 16.1. The summed E-state index contributed by atoms with van der Waals surface area (Å²) >= 11 is 0. The maximum atomic E-state index is 11.2. The normalized spacial score (nSPS) is 11.9. The second-order valence-corrected chi connectivity index (χ2v) is 6.21. The van der Waals surface area contributed by atoms with Crippen LogP contribution in [0.2, 0.25) is 0 Å². The molecule has 0 saturated carbocycles. The summed E-state index contributed by atoms with van der Waals surface area (Å²) in [7, 11) is 0. The van der Waals surface area contributed by atoms with Crippen LogP contribution in [0.1, 0.15) is 53.9 Å². The lowest BCUT2D eigenvalue weighted by Crippen LogP contribution is -2.34. The number of carbonyl (C=O) groups is 1. The smallest absolute Gasteiger partial charge is 0.222 e. The number of hydrogen-bond donors (Lipinski definition) is 2. The lowest BCUT2D eigenvalue weighted by Gasteiger charge is -2.17. The Bertz CT molecular complexity index is 207. The zero-order valence-electron chi connectivity index (χ0n) is 12.2. The molecule has 0 rings (SSSR count). The van der Waals surface area contributed by atoms with Gasteiger partial charge in [-0.05, 0) is 24.8 Å².